The first kappa shape index (κ1) is 20.5. The first-order valence-corrected chi connectivity index (χ1v) is 8.36. The molecule has 118 valence electrons. The van der Waals surface area contributed by atoms with Crippen LogP contribution in [0, 0.1) is 0 Å². The van der Waals surface area contributed by atoms with Gasteiger partial charge < -0.3 is 19.3 Å². The van der Waals surface area contributed by atoms with E-state index < -0.39 is 41.5 Å². The minimum absolute atomic E-state index is 0. The molecule has 0 bridgehead atoms. The maximum absolute atomic E-state index is 11.8. The van der Waals surface area contributed by atoms with Gasteiger partial charge in [-0.15, -0.1) is 0 Å². The van der Waals surface area contributed by atoms with Crippen molar-refractivity contribution in [3.63, 3.8) is 0 Å². The molecule has 2 rings (SSSR count). The molecule has 2 aromatic carbocycles. The van der Waals surface area contributed by atoms with Gasteiger partial charge in [-0.25, -0.2) is 16.8 Å². The van der Waals surface area contributed by atoms with E-state index in [9.17, 15) is 36.2 Å². The molecule has 0 unspecified atom stereocenters. The average molecular weight is 480 g/mol. The van der Waals surface area contributed by atoms with Crippen LogP contribution in [-0.4, -0.2) is 74.8 Å². The van der Waals surface area contributed by atoms with E-state index in [1.54, 1.807) is 0 Å². The zero-order valence-electron chi connectivity index (χ0n) is 11.3. The third-order valence-corrected chi connectivity index (χ3v) is 4.44. The van der Waals surface area contributed by atoms with Gasteiger partial charge in [0.05, 0.1) is 9.79 Å². The van der Waals surface area contributed by atoms with Gasteiger partial charge in [-0.3, -0.25) is 0 Å². The van der Waals surface area contributed by atoms with E-state index in [0.29, 0.717) is 12.1 Å². The van der Waals surface area contributed by atoms with Crippen molar-refractivity contribution in [1.29, 1.82) is 0 Å². The van der Waals surface area contributed by atoms with Gasteiger partial charge in [0.15, 0.2) is 0 Å². The summed E-state index contributed by atoms with van der Waals surface area (Å²) in [5.41, 5.74) is -0.431. The van der Waals surface area contributed by atoms with Crippen LogP contribution in [0.1, 0.15) is 0 Å². The zero-order chi connectivity index (χ0) is 16.7. The summed E-state index contributed by atoms with van der Waals surface area (Å²) in [5, 5.41) is 23.6. The van der Waals surface area contributed by atoms with Crippen molar-refractivity contribution in [3.05, 3.63) is 36.4 Å². The first-order valence-electron chi connectivity index (χ1n) is 5.54. The summed E-state index contributed by atoms with van der Waals surface area (Å²) in [6.45, 7) is 0. The quantitative estimate of drug-likeness (QED) is 0.397. The van der Waals surface area contributed by atoms with Crippen molar-refractivity contribution in [3.8, 4) is 22.6 Å². The van der Waals surface area contributed by atoms with E-state index in [1.807, 2.05) is 0 Å². The summed E-state index contributed by atoms with van der Waals surface area (Å²) >= 11 is 0. The Balaban J connectivity index is 0.00000264. The summed E-state index contributed by atoms with van der Waals surface area (Å²) in [5.74, 6) is -1.79. The monoisotopic (exact) mass is 480 g/mol. The molecule has 0 N–H and O–H groups in total. The van der Waals surface area contributed by atoms with Gasteiger partial charge in [0.2, 0.25) is 0 Å². The van der Waals surface area contributed by atoms with Crippen LogP contribution in [0.3, 0.4) is 0 Å². The standard InChI is InChI=1S/C12H10O8S2.Ba/c13-11-5-7(21(15,16)17)1-3-9(11)10-4-2-8(6-12(10)14)22(18,19)20;/h1-6,13-14H,(H,15,16,17)(H,18,19,20);/q;+2/p-4. The molecule has 0 aliphatic carbocycles. The van der Waals surface area contributed by atoms with E-state index in [1.165, 1.54) is 0 Å². The molecule has 0 saturated heterocycles. The molecule has 0 aromatic heterocycles. The maximum atomic E-state index is 11.8. The molecule has 2 aromatic rings. The van der Waals surface area contributed by atoms with Crippen molar-refractivity contribution < 1.29 is 36.2 Å². The summed E-state index contributed by atoms with van der Waals surface area (Å²) in [7, 11) is -9.62. The van der Waals surface area contributed by atoms with Crippen LogP contribution in [0.2, 0.25) is 0 Å². The Kier molecular flexibility index (Phi) is 6.34. The Labute approximate surface area is 172 Å². The van der Waals surface area contributed by atoms with E-state index in [4.69, 9.17) is 0 Å². The van der Waals surface area contributed by atoms with Gasteiger partial charge in [-0.05, 0) is 23.3 Å². The summed E-state index contributed by atoms with van der Waals surface area (Å²) in [6, 6.07) is 4.78. The van der Waals surface area contributed by atoms with E-state index in [0.717, 1.165) is 24.3 Å². The molecule has 0 saturated carbocycles. The average Bonchev–Trinajstić information content (AvgIpc) is 2.37. The molecule has 0 spiro atoms. The number of rotatable bonds is 3. The number of hydrogen-bond donors (Lipinski definition) is 0. The Hall–Kier alpha value is -0.569. The van der Waals surface area contributed by atoms with E-state index >= 15 is 0 Å². The Morgan fingerprint density at radius 1 is 0.652 bits per heavy atom. The fourth-order valence-electron chi connectivity index (χ4n) is 1.76. The maximum Gasteiger partial charge on any atom is 2.00 e. The third-order valence-electron chi connectivity index (χ3n) is 2.77. The van der Waals surface area contributed by atoms with Gasteiger partial charge in [-0.1, -0.05) is 35.8 Å². The second-order valence-electron chi connectivity index (χ2n) is 4.22. The molecular formula is C12H6BaO8S2-2. The SMILES string of the molecule is O=S(=O)([O-])c1ccc(-c2ccc(S(=O)(=O)[O-])cc2[O-])c([O-])c1.[Ba+2]. The zero-order valence-corrected chi connectivity index (χ0v) is 17.3. The third kappa shape index (κ3) is 4.71. The molecule has 0 amide bonds. The van der Waals surface area contributed by atoms with Gasteiger partial charge in [0.1, 0.15) is 20.2 Å². The van der Waals surface area contributed by atoms with Crippen LogP contribution in [0.15, 0.2) is 46.2 Å². The number of hydrogen-bond acceptors (Lipinski definition) is 8. The molecule has 0 fully saturated rings. The number of benzene rings is 2. The van der Waals surface area contributed by atoms with Crippen molar-refractivity contribution in [2.45, 2.75) is 9.79 Å². The molecular weight excluding hydrogens is 474 g/mol. The second-order valence-corrected chi connectivity index (χ2v) is 6.98. The Morgan fingerprint density at radius 2 is 0.957 bits per heavy atom. The predicted molar refractivity (Wildman–Crippen MR) is 72.5 cm³/mol. The Bertz CT molecular complexity index is 872. The van der Waals surface area contributed by atoms with Gasteiger partial charge >= 0.3 is 48.9 Å². The smallest absolute Gasteiger partial charge is 0.872 e. The normalized spacial score (nSPS) is 11.7. The second kappa shape index (κ2) is 7.13. The Morgan fingerprint density at radius 3 is 1.17 bits per heavy atom. The van der Waals surface area contributed by atoms with E-state index in [2.05, 4.69) is 0 Å². The fourth-order valence-corrected chi connectivity index (χ4v) is 2.73. The van der Waals surface area contributed by atoms with Crippen molar-refractivity contribution >= 4 is 69.1 Å². The largest absolute Gasteiger partial charge is 2.00 e. The van der Waals surface area contributed by atoms with Crippen LogP contribution in [-0.2, 0) is 20.2 Å². The molecule has 0 atom stereocenters. The first-order chi connectivity index (χ1) is 10.00. The summed E-state index contributed by atoms with van der Waals surface area (Å²) in [6.07, 6.45) is 0. The molecule has 8 nitrogen and oxygen atoms in total. The molecule has 0 radical (unpaired) electrons. The molecule has 0 aliphatic rings. The molecule has 11 heteroatoms. The summed E-state index contributed by atoms with van der Waals surface area (Å²) < 4.78 is 64.8. The van der Waals surface area contributed by atoms with Gasteiger partial charge in [0, 0.05) is 0 Å². The van der Waals surface area contributed by atoms with Crippen LogP contribution >= 0.6 is 0 Å². The molecule has 0 aliphatic heterocycles. The van der Waals surface area contributed by atoms with E-state index in [-0.39, 0.29) is 60.0 Å². The topological polar surface area (TPSA) is 161 Å². The van der Waals surface area contributed by atoms with Gasteiger partial charge in [0.25, 0.3) is 0 Å². The van der Waals surface area contributed by atoms with Crippen molar-refractivity contribution in [1.82, 2.24) is 0 Å². The predicted octanol–water partition coefficient (Wildman–Crippen LogP) is -1.07. The van der Waals surface area contributed by atoms with Crippen molar-refractivity contribution in [2.75, 3.05) is 0 Å². The van der Waals surface area contributed by atoms with Crippen molar-refractivity contribution in [2.24, 2.45) is 0 Å². The van der Waals surface area contributed by atoms with Gasteiger partial charge in [-0.2, -0.15) is 0 Å². The van der Waals surface area contributed by atoms with Crippen LogP contribution in [0.5, 0.6) is 11.5 Å². The fraction of sp³-hybridized carbons (Fsp3) is 0. The minimum atomic E-state index is -4.81. The van der Waals surface area contributed by atoms with Crippen LogP contribution in [0.25, 0.3) is 11.1 Å². The summed E-state index contributed by atoms with van der Waals surface area (Å²) in [4.78, 5) is -1.49. The molecule has 0 heterocycles. The van der Waals surface area contributed by atoms with Crippen LogP contribution in [0.4, 0.5) is 0 Å². The minimum Gasteiger partial charge on any atom is -0.872 e. The molecule has 23 heavy (non-hydrogen) atoms. The van der Waals surface area contributed by atoms with Crippen LogP contribution < -0.4 is 10.2 Å².